The van der Waals surface area contributed by atoms with E-state index < -0.39 is 0 Å². The zero-order valence-corrected chi connectivity index (χ0v) is 12.7. The van der Waals surface area contributed by atoms with E-state index >= 15 is 0 Å². The van der Waals surface area contributed by atoms with Gasteiger partial charge in [0.25, 0.3) is 5.91 Å². The fraction of sp³-hybridized carbons (Fsp3) is 0.250. The Hall–Kier alpha value is -2.07. The number of nitrogens with zero attached hydrogens (tertiary/aromatic N) is 1. The van der Waals surface area contributed by atoms with E-state index in [1.54, 1.807) is 24.3 Å². The van der Waals surface area contributed by atoms with Gasteiger partial charge < -0.3 is 11.1 Å². The highest BCUT2D eigenvalue weighted by Gasteiger charge is 2.04. The molecule has 0 saturated carbocycles. The molecule has 110 valence electrons. The van der Waals surface area contributed by atoms with Crippen LogP contribution in [0.1, 0.15) is 28.0 Å². The number of hydrogen-bond acceptors (Lipinski definition) is 3. The van der Waals surface area contributed by atoms with Gasteiger partial charge in [0, 0.05) is 22.8 Å². The molecule has 1 aromatic carbocycles. The van der Waals surface area contributed by atoms with Crippen molar-refractivity contribution in [2.75, 3.05) is 12.3 Å². The van der Waals surface area contributed by atoms with Crippen LogP contribution in [0, 0.1) is 6.92 Å². The second kappa shape index (κ2) is 7.09. The van der Waals surface area contributed by atoms with E-state index in [0.29, 0.717) is 22.9 Å². The Morgan fingerprint density at radius 2 is 2.00 bits per heavy atom. The van der Waals surface area contributed by atoms with Gasteiger partial charge in [-0.15, -0.1) is 0 Å². The average Bonchev–Trinajstić information content (AvgIpc) is 2.43. The number of anilines is 1. The number of carbonyl (C=O) groups is 1. The van der Waals surface area contributed by atoms with Gasteiger partial charge in [-0.2, -0.15) is 0 Å². The Kier molecular flexibility index (Phi) is 5.17. The van der Waals surface area contributed by atoms with Crippen LogP contribution in [0.25, 0.3) is 0 Å². The summed E-state index contributed by atoms with van der Waals surface area (Å²) in [5.74, 6) is 0.443. The van der Waals surface area contributed by atoms with Gasteiger partial charge in [-0.05, 0) is 61.7 Å². The molecule has 0 aliphatic heterocycles. The summed E-state index contributed by atoms with van der Waals surface area (Å²) >= 11 is 5.79. The van der Waals surface area contributed by atoms with E-state index in [2.05, 4.69) is 10.3 Å². The van der Waals surface area contributed by atoms with Gasteiger partial charge in [-0.3, -0.25) is 4.79 Å². The molecule has 4 nitrogen and oxygen atoms in total. The molecule has 0 fully saturated rings. The summed E-state index contributed by atoms with van der Waals surface area (Å²) in [5.41, 5.74) is 8.37. The number of carbonyl (C=O) groups excluding carboxylic acids is 1. The number of amides is 1. The van der Waals surface area contributed by atoms with Crippen molar-refractivity contribution in [1.29, 1.82) is 0 Å². The molecule has 0 saturated heterocycles. The van der Waals surface area contributed by atoms with Crippen molar-refractivity contribution in [1.82, 2.24) is 10.3 Å². The molecular formula is C16H18ClN3O. The average molecular weight is 304 g/mol. The number of nitrogen functional groups attached to an aromatic ring is 1. The molecule has 2 rings (SSSR count). The molecular weight excluding hydrogens is 286 g/mol. The predicted octanol–water partition coefficient (Wildman–Crippen LogP) is 2.99. The van der Waals surface area contributed by atoms with Gasteiger partial charge in [0.2, 0.25) is 0 Å². The highest BCUT2D eigenvalue weighted by atomic mass is 35.5. The SMILES string of the molecule is Cc1cc(N)nc(CCCNC(=O)c2ccc(Cl)cc2)c1. The normalized spacial score (nSPS) is 10.4. The first-order valence-corrected chi connectivity index (χ1v) is 7.19. The van der Waals surface area contributed by atoms with E-state index in [-0.39, 0.29) is 5.91 Å². The third-order valence-corrected chi connectivity index (χ3v) is 3.30. The van der Waals surface area contributed by atoms with Crippen LogP contribution in [0.4, 0.5) is 5.82 Å². The highest BCUT2D eigenvalue weighted by molar-refractivity contribution is 6.30. The molecule has 1 amide bonds. The first kappa shape index (κ1) is 15.3. The van der Waals surface area contributed by atoms with Crippen LogP contribution in [0.15, 0.2) is 36.4 Å². The highest BCUT2D eigenvalue weighted by Crippen LogP contribution is 2.10. The Labute approximate surface area is 129 Å². The maximum Gasteiger partial charge on any atom is 0.251 e. The minimum Gasteiger partial charge on any atom is -0.384 e. The number of rotatable bonds is 5. The lowest BCUT2D eigenvalue weighted by molar-refractivity contribution is 0.0953. The zero-order valence-electron chi connectivity index (χ0n) is 11.9. The van der Waals surface area contributed by atoms with Gasteiger partial charge in [0.1, 0.15) is 5.82 Å². The molecule has 0 aliphatic carbocycles. The van der Waals surface area contributed by atoms with Crippen LogP contribution < -0.4 is 11.1 Å². The first-order valence-electron chi connectivity index (χ1n) is 6.81. The maximum atomic E-state index is 11.9. The Bertz CT molecular complexity index is 606. The summed E-state index contributed by atoms with van der Waals surface area (Å²) in [4.78, 5) is 16.2. The summed E-state index contributed by atoms with van der Waals surface area (Å²) in [5, 5.41) is 3.50. The van der Waals surface area contributed by atoms with Crippen molar-refractivity contribution < 1.29 is 4.79 Å². The molecule has 0 bridgehead atoms. The number of hydrogen-bond donors (Lipinski definition) is 2. The molecule has 0 radical (unpaired) electrons. The lowest BCUT2D eigenvalue weighted by Gasteiger charge is -2.06. The van der Waals surface area contributed by atoms with Crippen LogP contribution >= 0.6 is 11.6 Å². The largest absolute Gasteiger partial charge is 0.384 e. The molecule has 0 unspecified atom stereocenters. The lowest BCUT2D eigenvalue weighted by atomic mass is 10.1. The van der Waals surface area contributed by atoms with Crippen LogP contribution in [-0.2, 0) is 6.42 Å². The number of nitrogens with one attached hydrogen (secondary N) is 1. The van der Waals surface area contributed by atoms with E-state index in [0.717, 1.165) is 24.1 Å². The van der Waals surface area contributed by atoms with Crippen LogP contribution in [-0.4, -0.2) is 17.4 Å². The first-order chi connectivity index (χ1) is 10.0. The number of aryl methyl sites for hydroxylation is 2. The van der Waals surface area contributed by atoms with E-state index in [1.165, 1.54) is 0 Å². The third-order valence-electron chi connectivity index (χ3n) is 3.04. The van der Waals surface area contributed by atoms with Crippen molar-refractivity contribution >= 4 is 23.3 Å². The van der Waals surface area contributed by atoms with Crippen LogP contribution in [0.3, 0.4) is 0 Å². The fourth-order valence-corrected chi connectivity index (χ4v) is 2.20. The number of aromatic nitrogens is 1. The molecule has 0 aliphatic rings. The second-order valence-electron chi connectivity index (χ2n) is 4.93. The Balaban J connectivity index is 1.79. The number of halogens is 1. The van der Waals surface area contributed by atoms with E-state index in [4.69, 9.17) is 17.3 Å². The molecule has 0 atom stereocenters. The smallest absolute Gasteiger partial charge is 0.251 e. The summed E-state index contributed by atoms with van der Waals surface area (Å²) in [6.45, 7) is 2.58. The van der Waals surface area contributed by atoms with Crippen molar-refractivity contribution in [2.45, 2.75) is 19.8 Å². The Morgan fingerprint density at radius 3 is 2.67 bits per heavy atom. The predicted molar refractivity (Wildman–Crippen MR) is 85.5 cm³/mol. The van der Waals surface area contributed by atoms with Gasteiger partial charge in [-0.25, -0.2) is 4.98 Å². The molecule has 0 spiro atoms. The molecule has 2 aromatic rings. The summed E-state index contributed by atoms with van der Waals surface area (Å²) in [6.07, 6.45) is 1.60. The summed E-state index contributed by atoms with van der Waals surface area (Å²) in [6, 6.07) is 10.7. The quantitative estimate of drug-likeness (QED) is 0.834. The van der Waals surface area contributed by atoms with Gasteiger partial charge in [0.05, 0.1) is 0 Å². The third kappa shape index (κ3) is 4.76. The second-order valence-corrected chi connectivity index (χ2v) is 5.36. The number of pyridine rings is 1. The minimum atomic E-state index is -0.0941. The zero-order chi connectivity index (χ0) is 15.2. The van der Waals surface area contributed by atoms with E-state index in [9.17, 15) is 4.79 Å². The number of nitrogens with two attached hydrogens (primary N) is 1. The molecule has 5 heteroatoms. The maximum absolute atomic E-state index is 11.9. The monoisotopic (exact) mass is 303 g/mol. The van der Waals surface area contributed by atoms with Crippen LogP contribution in [0.2, 0.25) is 5.02 Å². The van der Waals surface area contributed by atoms with Crippen LogP contribution in [0.5, 0.6) is 0 Å². The van der Waals surface area contributed by atoms with Gasteiger partial charge >= 0.3 is 0 Å². The topological polar surface area (TPSA) is 68.0 Å². The molecule has 1 aromatic heterocycles. The minimum absolute atomic E-state index is 0.0941. The molecule has 3 N–H and O–H groups in total. The van der Waals surface area contributed by atoms with E-state index in [1.807, 2.05) is 19.1 Å². The van der Waals surface area contributed by atoms with Crippen molar-refractivity contribution in [3.63, 3.8) is 0 Å². The number of benzene rings is 1. The van der Waals surface area contributed by atoms with Gasteiger partial charge in [0.15, 0.2) is 0 Å². The van der Waals surface area contributed by atoms with Crippen molar-refractivity contribution in [3.05, 3.63) is 58.2 Å². The summed E-state index contributed by atoms with van der Waals surface area (Å²) in [7, 11) is 0. The Morgan fingerprint density at radius 1 is 1.29 bits per heavy atom. The molecule has 21 heavy (non-hydrogen) atoms. The fourth-order valence-electron chi connectivity index (χ4n) is 2.07. The van der Waals surface area contributed by atoms with Gasteiger partial charge in [-0.1, -0.05) is 11.6 Å². The summed E-state index contributed by atoms with van der Waals surface area (Å²) < 4.78 is 0. The standard InChI is InChI=1S/C16H18ClN3O/c1-11-9-14(20-15(18)10-11)3-2-8-19-16(21)12-4-6-13(17)7-5-12/h4-7,9-10H,2-3,8H2,1H3,(H2,18,20)(H,19,21). The van der Waals surface area contributed by atoms with Crippen molar-refractivity contribution in [3.8, 4) is 0 Å². The van der Waals surface area contributed by atoms with Crippen molar-refractivity contribution in [2.24, 2.45) is 0 Å². The molecule has 1 heterocycles. The lowest BCUT2D eigenvalue weighted by Crippen LogP contribution is -2.24.